The minimum absolute atomic E-state index is 0.156. The lowest BCUT2D eigenvalue weighted by atomic mass is 10.1. The molecule has 0 aliphatic carbocycles. The number of rotatable bonds is 2. The molecule has 1 rings (SSSR count). The van der Waals surface area contributed by atoms with Gasteiger partial charge in [0, 0.05) is 23.6 Å². The molecule has 0 spiro atoms. The molecule has 1 aromatic carbocycles. The number of halogens is 1. The zero-order valence-electron chi connectivity index (χ0n) is 7.96. The molecule has 3 N–H and O–H groups in total. The predicted octanol–water partition coefficient (Wildman–Crippen LogP) is 1.74. The molecule has 0 amide bonds. The third-order valence-electron chi connectivity index (χ3n) is 1.70. The zero-order valence-corrected chi connectivity index (χ0v) is 8.71. The fraction of sp³-hybridized carbons (Fsp3) is 0.182. The van der Waals surface area contributed by atoms with Gasteiger partial charge in [-0.25, -0.2) is 4.79 Å². The summed E-state index contributed by atoms with van der Waals surface area (Å²) in [5.74, 6) is 4.51. The Kier molecular flexibility index (Phi) is 4.17. The molecular formula is C11H10ClNO2. The molecule has 15 heavy (non-hydrogen) atoms. The van der Waals surface area contributed by atoms with Crippen molar-refractivity contribution >= 4 is 17.6 Å². The van der Waals surface area contributed by atoms with Crippen molar-refractivity contribution in [3.63, 3.8) is 0 Å². The van der Waals surface area contributed by atoms with E-state index in [1.165, 1.54) is 18.2 Å². The van der Waals surface area contributed by atoms with Gasteiger partial charge in [0.15, 0.2) is 0 Å². The molecule has 0 aromatic heterocycles. The minimum atomic E-state index is -1.01. The molecule has 78 valence electrons. The lowest BCUT2D eigenvalue weighted by Crippen LogP contribution is -2.00. The van der Waals surface area contributed by atoms with Gasteiger partial charge in [0.05, 0.1) is 5.56 Å². The summed E-state index contributed by atoms with van der Waals surface area (Å²) in [4.78, 5) is 10.8. The molecule has 0 saturated heterocycles. The molecular weight excluding hydrogens is 214 g/mol. The van der Waals surface area contributed by atoms with Gasteiger partial charge in [-0.2, -0.15) is 0 Å². The molecule has 3 nitrogen and oxygen atoms in total. The van der Waals surface area contributed by atoms with Gasteiger partial charge >= 0.3 is 5.97 Å². The van der Waals surface area contributed by atoms with Crippen LogP contribution in [-0.2, 0) is 0 Å². The first-order valence-corrected chi connectivity index (χ1v) is 4.74. The Morgan fingerprint density at radius 3 is 2.87 bits per heavy atom. The molecule has 0 radical (unpaired) electrons. The van der Waals surface area contributed by atoms with Gasteiger partial charge in [-0.1, -0.05) is 23.4 Å². The van der Waals surface area contributed by atoms with Gasteiger partial charge in [0.1, 0.15) is 0 Å². The highest BCUT2D eigenvalue weighted by molar-refractivity contribution is 6.30. The first kappa shape index (κ1) is 11.6. The van der Waals surface area contributed by atoms with Gasteiger partial charge in [0.25, 0.3) is 0 Å². The van der Waals surface area contributed by atoms with Crippen LogP contribution in [0.4, 0.5) is 0 Å². The van der Waals surface area contributed by atoms with Crippen LogP contribution < -0.4 is 5.73 Å². The topological polar surface area (TPSA) is 63.3 Å². The van der Waals surface area contributed by atoms with E-state index in [4.69, 9.17) is 22.4 Å². The van der Waals surface area contributed by atoms with E-state index in [1.54, 1.807) is 0 Å². The molecule has 0 bridgehead atoms. The molecule has 4 heteroatoms. The Morgan fingerprint density at radius 1 is 1.53 bits per heavy atom. The molecule has 1 aromatic rings. The van der Waals surface area contributed by atoms with Crippen molar-refractivity contribution in [1.82, 2.24) is 0 Å². The van der Waals surface area contributed by atoms with E-state index in [9.17, 15) is 4.79 Å². The Bertz CT molecular complexity index is 432. The lowest BCUT2D eigenvalue weighted by Gasteiger charge is -1.99. The second kappa shape index (κ2) is 5.40. The van der Waals surface area contributed by atoms with Crippen LogP contribution in [0.5, 0.6) is 0 Å². The van der Waals surface area contributed by atoms with E-state index >= 15 is 0 Å². The van der Waals surface area contributed by atoms with Gasteiger partial charge in [0.2, 0.25) is 0 Å². The Labute approximate surface area is 92.9 Å². The Morgan fingerprint density at radius 2 is 2.27 bits per heavy atom. The second-order valence-corrected chi connectivity index (χ2v) is 3.27. The van der Waals surface area contributed by atoms with Gasteiger partial charge < -0.3 is 10.8 Å². The zero-order chi connectivity index (χ0) is 11.3. The summed E-state index contributed by atoms with van der Waals surface area (Å²) < 4.78 is 0. The second-order valence-electron chi connectivity index (χ2n) is 2.84. The highest BCUT2D eigenvalue weighted by atomic mass is 35.5. The van der Waals surface area contributed by atoms with Crippen LogP contribution >= 0.6 is 11.6 Å². The van der Waals surface area contributed by atoms with Gasteiger partial charge in [-0.3, -0.25) is 0 Å². The fourth-order valence-corrected chi connectivity index (χ4v) is 1.21. The molecule has 0 saturated carbocycles. The summed E-state index contributed by atoms with van der Waals surface area (Å²) in [6, 6.07) is 4.50. The average molecular weight is 224 g/mol. The third-order valence-corrected chi connectivity index (χ3v) is 1.94. The van der Waals surface area contributed by atoms with Crippen molar-refractivity contribution in [2.75, 3.05) is 6.54 Å². The summed E-state index contributed by atoms with van der Waals surface area (Å²) >= 11 is 5.75. The summed E-state index contributed by atoms with van der Waals surface area (Å²) in [5.41, 5.74) is 5.85. The summed E-state index contributed by atoms with van der Waals surface area (Å²) in [5, 5.41) is 9.35. The highest BCUT2D eigenvalue weighted by Gasteiger charge is 2.07. The standard InChI is InChI=1S/C11H10ClNO2/c12-9-4-5-10(11(14)15)8(7-9)3-1-2-6-13/h4-5,7H,2,6,13H2,(H,14,15). The number of benzene rings is 1. The van der Waals surface area contributed by atoms with Crippen LogP contribution in [0.1, 0.15) is 22.3 Å². The predicted molar refractivity (Wildman–Crippen MR) is 59.0 cm³/mol. The van der Waals surface area contributed by atoms with Crippen LogP contribution in [0.25, 0.3) is 0 Å². The van der Waals surface area contributed by atoms with Crippen LogP contribution in [0.15, 0.2) is 18.2 Å². The van der Waals surface area contributed by atoms with Crippen molar-refractivity contribution in [3.8, 4) is 11.8 Å². The monoisotopic (exact) mass is 223 g/mol. The summed E-state index contributed by atoms with van der Waals surface area (Å²) in [6.45, 7) is 0.454. The molecule has 0 unspecified atom stereocenters. The van der Waals surface area contributed by atoms with Crippen molar-refractivity contribution in [2.45, 2.75) is 6.42 Å². The Hall–Kier alpha value is -1.50. The first-order chi connectivity index (χ1) is 7.15. The fourth-order valence-electron chi connectivity index (χ4n) is 1.04. The number of carbonyl (C=O) groups is 1. The quantitative estimate of drug-likeness (QED) is 0.751. The van der Waals surface area contributed by atoms with Crippen LogP contribution in [-0.4, -0.2) is 17.6 Å². The maximum absolute atomic E-state index is 10.8. The first-order valence-electron chi connectivity index (χ1n) is 4.37. The molecule has 0 aliphatic heterocycles. The normalized spacial score (nSPS) is 9.20. The van der Waals surface area contributed by atoms with E-state index in [2.05, 4.69) is 11.8 Å². The molecule has 0 aliphatic rings. The third kappa shape index (κ3) is 3.28. The van der Waals surface area contributed by atoms with Crippen LogP contribution in [0.2, 0.25) is 5.02 Å². The maximum atomic E-state index is 10.8. The Balaban J connectivity index is 3.09. The van der Waals surface area contributed by atoms with E-state index in [0.717, 1.165) is 0 Å². The lowest BCUT2D eigenvalue weighted by molar-refractivity contribution is 0.0696. The van der Waals surface area contributed by atoms with E-state index in [1.807, 2.05) is 0 Å². The largest absolute Gasteiger partial charge is 0.478 e. The number of aromatic carboxylic acids is 1. The van der Waals surface area contributed by atoms with E-state index in [-0.39, 0.29) is 5.56 Å². The van der Waals surface area contributed by atoms with E-state index < -0.39 is 5.97 Å². The SMILES string of the molecule is NCCC#Cc1cc(Cl)ccc1C(=O)O. The smallest absolute Gasteiger partial charge is 0.336 e. The molecule has 0 atom stereocenters. The molecule has 0 heterocycles. The number of carboxylic acids is 1. The van der Waals surface area contributed by atoms with Crippen molar-refractivity contribution < 1.29 is 9.90 Å². The number of nitrogens with two attached hydrogens (primary N) is 1. The number of carboxylic acid groups (broad SMARTS) is 1. The van der Waals surface area contributed by atoms with Crippen molar-refractivity contribution in [3.05, 3.63) is 34.3 Å². The average Bonchev–Trinajstić information content (AvgIpc) is 2.18. The van der Waals surface area contributed by atoms with E-state index in [0.29, 0.717) is 23.6 Å². The summed E-state index contributed by atoms with van der Waals surface area (Å²) in [6.07, 6.45) is 0.533. The number of hydrogen-bond donors (Lipinski definition) is 2. The van der Waals surface area contributed by atoms with Gasteiger partial charge in [-0.15, -0.1) is 0 Å². The summed E-state index contributed by atoms with van der Waals surface area (Å²) in [7, 11) is 0. The van der Waals surface area contributed by atoms with Crippen LogP contribution in [0.3, 0.4) is 0 Å². The number of hydrogen-bond acceptors (Lipinski definition) is 2. The van der Waals surface area contributed by atoms with Gasteiger partial charge in [-0.05, 0) is 18.2 Å². The van der Waals surface area contributed by atoms with Crippen molar-refractivity contribution in [2.24, 2.45) is 5.73 Å². The highest BCUT2D eigenvalue weighted by Crippen LogP contribution is 2.15. The van der Waals surface area contributed by atoms with Crippen LogP contribution in [0, 0.1) is 11.8 Å². The molecule has 0 fully saturated rings. The maximum Gasteiger partial charge on any atom is 0.336 e. The van der Waals surface area contributed by atoms with Crippen molar-refractivity contribution in [1.29, 1.82) is 0 Å². The minimum Gasteiger partial charge on any atom is -0.478 e.